The first-order valence-electron chi connectivity index (χ1n) is 9.60. The lowest BCUT2D eigenvalue weighted by molar-refractivity contribution is -0.127. The summed E-state index contributed by atoms with van der Waals surface area (Å²) in [5.74, 6) is 0.329. The predicted octanol–water partition coefficient (Wildman–Crippen LogP) is 0.328. The molecule has 3 rings (SSSR count). The van der Waals surface area contributed by atoms with E-state index in [1.807, 2.05) is 23.2 Å². The average molecular weight is 359 g/mol. The zero-order valence-corrected chi connectivity index (χ0v) is 15.4. The Kier molecular flexibility index (Phi) is 6.96. The van der Waals surface area contributed by atoms with E-state index in [1.54, 1.807) is 0 Å². The highest BCUT2D eigenvalue weighted by Gasteiger charge is 2.20. The maximum absolute atomic E-state index is 12.1. The molecular weight excluding hydrogens is 330 g/mol. The number of aromatic nitrogens is 1. The van der Waals surface area contributed by atoms with Gasteiger partial charge in [-0.3, -0.25) is 24.4 Å². The van der Waals surface area contributed by atoms with Gasteiger partial charge in [0.1, 0.15) is 0 Å². The van der Waals surface area contributed by atoms with Crippen molar-refractivity contribution >= 4 is 11.8 Å². The molecule has 2 amide bonds. The molecule has 0 aliphatic carbocycles. The van der Waals surface area contributed by atoms with Crippen LogP contribution in [0.1, 0.15) is 25.0 Å². The van der Waals surface area contributed by atoms with Crippen molar-refractivity contribution in [2.75, 3.05) is 52.4 Å². The second-order valence-electron chi connectivity index (χ2n) is 7.06. The largest absolute Gasteiger partial charge is 0.355 e. The Labute approximate surface area is 155 Å². The van der Waals surface area contributed by atoms with Gasteiger partial charge in [-0.15, -0.1) is 0 Å². The van der Waals surface area contributed by atoms with E-state index in [9.17, 15) is 9.59 Å². The van der Waals surface area contributed by atoms with Crippen LogP contribution in [0.4, 0.5) is 0 Å². The van der Waals surface area contributed by atoms with E-state index in [0.717, 1.165) is 64.3 Å². The second kappa shape index (κ2) is 9.64. The molecule has 7 heteroatoms. The molecule has 0 spiro atoms. The number of piperazine rings is 1. The summed E-state index contributed by atoms with van der Waals surface area (Å²) < 4.78 is 0. The molecule has 1 aromatic rings. The van der Waals surface area contributed by atoms with E-state index >= 15 is 0 Å². The van der Waals surface area contributed by atoms with Crippen molar-refractivity contribution in [3.8, 4) is 0 Å². The molecule has 0 saturated carbocycles. The number of pyridine rings is 1. The summed E-state index contributed by atoms with van der Waals surface area (Å²) in [7, 11) is 0. The Morgan fingerprint density at radius 1 is 1.12 bits per heavy atom. The van der Waals surface area contributed by atoms with E-state index in [-0.39, 0.29) is 11.8 Å². The highest BCUT2D eigenvalue weighted by atomic mass is 16.2. The summed E-state index contributed by atoms with van der Waals surface area (Å²) in [5, 5.41) is 2.98. The van der Waals surface area contributed by atoms with E-state index in [2.05, 4.69) is 26.2 Å². The molecular formula is C19H29N5O2. The van der Waals surface area contributed by atoms with Crippen LogP contribution in [0.25, 0.3) is 0 Å². The van der Waals surface area contributed by atoms with Gasteiger partial charge in [-0.2, -0.15) is 0 Å². The van der Waals surface area contributed by atoms with Gasteiger partial charge in [0.25, 0.3) is 0 Å². The molecule has 0 bridgehead atoms. The highest BCUT2D eigenvalue weighted by molar-refractivity contribution is 5.78. The average Bonchev–Trinajstić information content (AvgIpc) is 3.06. The number of carbonyl (C=O) groups excluding carboxylic acids is 2. The number of rotatable bonds is 8. The molecule has 142 valence electrons. The van der Waals surface area contributed by atoms with Gasteiger partial charge in [-0.05, 0) is 25.0 Å². The van der Waals surface area contributed by atoms with Crippen LogP contribution in [0.5, 0.6) is 0 Å². The van der Waals surface area contributed by atoms with Crippen LogP contribution in [0.3, 0.4) is 0 Å². The standard InChI is InChI=1S/C19H29N5O2/c25-18(21-8-4-10-24-9-3-6-19(24)26)16-23-13-11-22(12-14-23)15-17-5-1-2-7-20-17/h1-2,5,7H,3-4,6,8-16H2,(H,21,25). The van der Waals surface area contributed by atoms with Crippen LogP contribution in [-0.4, -0.2) is 83.9 Å². The van der Waals surface area contributed by atoms with Crippen molar-refractivity contribution in [3.05, 3.63) is 30.1 Å². The summed E-state index contributed by atoms with van der Waals surface area (Å²) in [5.41, 5.74) is 1.09. The Morgan fingerprint density at radius 2 is 1.92 bits per heavy atom. The summed E-state index contributed by atoms with van der Waals surface area (Å²) in [4.78, 5) is 34.5. The van der Waals surface area contributed by atoms with Crippen LogP contribution in [-0.2, 0) is 16.1 Å². The first kappa shape index (κ1) is 18.8. The maximum Gasteiger partial charge on any atom is 0.234 e. The number of carbonyl (C=O) groups is 2. The minimum Gasteiger partial charge on any atom is -0.355 e. The van der Waals surface area contributed by atoms with Gasteiger partial charge in [0.15, 0.2) is 0 Å². The molecule has 2 aliphatic rings. The molecule has 1 aromatic heterocycles. The monoisotopic (exact) mass is 359 g/mol. The maximum atomic E-state index is 12.1. The fourth-order valence-corrected chi connectivity index (χ4v) is 3.52. The first-order chi connectivity index (χ1) is 12.7. The normalized spacial score (nSPS) is 19.1. The lowest BCUT2D eigenvalue weighted by atomic mass is 10.2. The Hall–Kier alpha value is -1.99. The number of nitrogens with zero attached hydrogens (tertiary/aromatic N) is 4. The first-order valence-corrected chi connectivity index (χ1v) is 9.60. The number of likely N-dealkylation sites (tertiary alicyclic amines) is 1. The van der Waals surface area contributed by atoms with Gasteiger partial charge in [0, 0.05) is 65.0 Å². The van der Waals surface area contributed by atoms with Crippen LogP contribution in [0, 0.1) is 0 Å². The van der Waals surface area contributed by atoms with Crippen molar-refractivity contribution in [3.63, 3.8) is 0 Å². The number of amides is 2. The van der Waals surface area contributed by atoms with E-state index in [0.29, 0.717) is 19.5 Å². The van der Waals surface area contributed by atoms with Crippen molar-refractivity contribution < 1.29 is 9.59 Å². The van der Waals surface area contributed by atoms with E-state index in [1.165, 1.54) is 0 Å². The van der Waals surface area contributed by atoms with Gasteiger partial charge in [0.2, 0.25) is 11.8 Å². The van der Waals surface area contributed by atoms with E-state index in [4.69, 9.17) is 0 Å². The smallest absolute Gasteiger partial charge is 0.234 e. The quantitative estimate of drug-likeness (QED) is 0.678. The van der Waals surface area contributed by atoms with Crippen molar-refractivity contribution in [1.82, 2.24) is 25.0 Å². The van der Waals surface area contributed by atoms with Gasteiger partial charge < -0.3 is 10.2 Å². The molecule has 2 fully saturated rings. The molecule has 26 heavy (non-hydrogen) atoms. The summed E-state index contributed by atoms with van der Waals surface area (Å²) in [6, 6.07) is 6.00. The van der Waals surface area contributed by atoms with Crippen molar-refractivity contribution in [2.45, 2.75) is 25.8 Å². The van der Waals surface area contributed by atoms with Crippen LogP contribution in [0.2, 0.25) is 0 Å². The van der Waals surface area contributed by atoms with Crippen LogP contribution >= 0.6 is 0 Å². The minimum absolute atomic E-state index is 0.0796. The zero-order valence-electron chi connectivity index (χ0n) is 15.4. The van der Waals surface area contributed by atoms with Gasteiger partial charge in [-0.25, -0.2) is 0 Å². The summed E-state index contributed by atoms with van der Waals surface area (Å²) in [6.07, 6.45) is 4.31. The third-order valence-electron chi connectivity index (χ3n) is 5.04. The van der Waals surface area contributed by atoms with Crippen LogP contribution < -0.4 is 5.32 Å². The molecule has 7 nitrogen and oxygen atoms in total. The van der Waals surface area contributed by atoms with Crippen molar-refractivity contribution in [1.29, 1.82) is 0 Å². The fraction of sp³-hybridized carbons (Fsp3) is 0.632. The molecule has 0 atom stereocenters. The molecule has 0 aromatic carbocycles. The fourth-order valence-electron chi connectivity index (χ4n) is 3.52. The molecule has 2 aliphatic heterocycles. The highest BCUT2D eigenvalue weighted by Crippen LogP contribution is 2.09. The SMILES string of the molecule is O=C(CN1CCN(Cc2ccccn2)CC1)NCCCN1CCCC1=O. The van der Waals surface area contributed by atoms with E-state index < -0.39 is 0 Å². The Balaban J connectivity index is 1.26. The number of hydrogen-bond donors (Lipinski definition) is 1. The lowest BCUT2D eigenvalue weighted by Crippen LogP contribution is -2.49. The predicted molar refractivity (Wildman–Crippen MR) is 99.4 cm³/mol. The molecule has 1 N–H and O–H groups in total. The third-order valence-corrected chi connectivity index (χ3v) is 5.04. The third kappa shape index (κ3) is 5.78. The van der Waals surface area contributed by atoms with Crippen LogP contribution in [0.15, 0.2) is 24.4 Å². The lowest BCUT2D eigenvalue weighted by Gasteiger charge is -2.34. The summed E-state index contributed by atoms with van der Waals surface area (Å²) >= 11 is 0. The molecule has 3 heterocycles. The zero-order chi connectivity index (χ0) is 18.2. The second-order valence-corrected chi connectivity index (χ2v) is 7.06. The van der Waals surface area contributed by atoms with Gasteiger partial charge >= 0.3 is 0 Å². The Morgan fingerprint density at radius 3 is 2.62 bits per heavy atom. The number of nitrogens with one attached hydrogen (secondary N) is 1. The Bertz CT molecular complexity index is 587. The minimum atomic E-state index is 0.0796. The van der Waals surface area contributed by atoms with Crippen molar-refractivity contribution in [2.24, 2.45) is 0 Å². The number of hydrogen-bond acceptors (Lipinski definition) is 5. The van der Waals surface area contributed by atoms with Gasteiger partial charge in [0.05, 0.1) is 12.2 Å². The molecule has 2 saturated heterocycles. The molecule has 0 radical (unpaired) electrons. The summed E-state index contributed by atoms with van der Waals surface area (Å²) in [6.45, 7) is 7.33. The topological polar surface area (TPSA) is 68.8 Å². The molecule has 0 unspecified atom stereocenters. The van der Waals surface area contributed by atoms with Gasteiger partial charge in [-0.1, -0.05) is 6.07 Å².